The Morgan fingerprint density at radius 2 is 1.76 bits per heavy atom. The first-order valence-corrected chi connectivity index (χ1v) is 7.85. The van der Waals surface area contributed by atoms with Gasteiger partial charge in [0.2, 0.25) is 0 Å². The van der Waals surface area contributed by atoms with Crippen LogP contribution in [0.2, 0.25) is 0 Å². The van der Waals surface area contributed by atoms with Crippen LogP contribution in [0.15, 0.2) is 48.5 Å². The molecule has 1 heterocycles. The summed E-state index contributed by atoms with van der Waals surface area (Å²) >= 11 is 0. The van der Waals surface area contributed by atoms with Crippen LogP contribution >= 0.6 is 0 Å². The molecule has 0 bridgehead atoms. The highest BCUT2D eigenvalue weighted by Crippen LogP contribution is 2.32. The van der Waals surface area contributed by atoms with Gasteiger partial charge in [-0.1, -0.05) is 0 Å². The third-order valence-electron chi connectivity index (χ3n) is 3.71. The number of benzene rings is 2. The number of anilines is 2. The highest BCUT2D eigenvalue weighted by molar-refractivity contribution is 5.94. The molecule has 0 spiro atoms. The minimum atomic E-state index is -4.34. The molecule has 0 fully saturated rings. The molecule has 3 nitrogen and oxygen atoms in total. The Labute approximate surface area is 143 Å². The lowest BCUT2D eigenvalue weighted by Crippen LogP contribution is -2.04. The topological polar surface area (TPSA) is 34.1 Å². The molecule has 25 heavy (non-hydrogen) atoms. The van der Waals surface area contributed by atoms with Gasteiger partial charge in [-0.15, -0.1) is 0 Å². The van der Waals surface area contributed by atoms with Crippen LogP contribution in [-0.2, 0) is 6.18 Å². The van der Waals surface area contributed by atoms with E-state index >= 15 is 0 Å². The molecule has 6 heteroatoms. The molecule has 0 aliphatic carbocycles. The number of rotatable bonds is 4. The largest absolute Gasteiger partial charge is 0.494 e. The molecule has 1 N–H and O–H groups in total. The van der Waals surface area contributed by atoms with Crippen molar-refractivity contribution >= 4 is 22.3 Å². The number of nitrogens with one attached hydrogen (secondary N) is 1. The average molecular weight is 346 g/mol. The smallest absolute Gasteiger partial charge is 0.416 e. The minimum Gasteiger partial charge on any atom is -0.494 e. The van der Waals surface area contributed by atoms with Gasteiger partial charge in [0.05, 0.1) is 17.7 Å². The van der Waals surface area contributed by atoms with Gasteiger partial charge in [0.15, 0.2) is 0 Å². The molecule has 130 valence electrons. The highest BCUT2D eigenvalue weighted by atomic mass is 19.4. The van der Waals surface area contributed by atoms with Crippen LogP contribution in [0.1, 0.15) is 18.2 Å². The molecule has 0 aliphatic rings. The van der Waals surface area contributed by atoms with Crippen LogP contribution in [0.4, 0.5) is 24.5 Å². The summed E-state index contributed by atoms with van der Waals surface area (Å²) in [5, 5.41) is 4.02. The van der Waals surface area contributed by atoms with Crippen molar-refractivity contribution in [2.45, 2.75) is 20.0 Å². The fourth-order valence-corrected chi connectivity index (χ4v) is 2.60. The van der Waals surface area contributed by atoms with Gasteiger partial charge in [0.25, 0.3) is 0 Å². The number of aromatic nitrogens is 1. The predicted molar refractivity (Wildman–Crippen MR) is 92.4 cm³/mol. The minimum absolute atomic E-state index is 0.548. The van der Waals surface area contributed by atoms with Gasteiger partial charge >= 0.3 is 6.18 Å². The summed E-state index contributed by atoms with van der Waals surface area (Å²) in [5.41, 5.74) is 2.27. The second-order valence-corrected chi connectivity index (χ2v) is 5.62. The summed E-state index contributed by atoms with van der Waals surface area (Å²) in [6.45, 7) is 4.32. The zero-order chi connectivity index (χ0) is 18.0. The first-order valence-electron chi connectivity index (χ1n) is 7.85. The number of hydrogen-bond donors (Lipinski definition) is 1. The maximum Gasteiger partial charge on any atom is 0.416 e. The molecule has 1 aromatic heterocycles. The van der Waals surface area contributed by atoms with E-state index in [1.54, 1.807) is 0 Å². The molecule has 0 unspecified atom stereocenters. The lowest BCUT2D eigenvalue weighted by atomic mass is 10.1. The van der Waals surface area contributed by atoms with Crippen LogP contribution in [0.25, 0.3) is 10.9 Å². The number of aryl methyl sites for hydroxylation is 1. The van der Waals surface area contributed by atoms with Gasteiger partial charge in [0.1, 0.15) is 5.75 Å². The van der Waals surface area contributed by atoms with Crippen molar-refractivity contribution < 1.29 is 17.9 Å². The second kappa shape index (κ2) is 6.63. The number of alkyl halides is 3. The summed E-state index contributed by atoms with van der Waals surface area (Å²) < 4.78 is 43.6. The monoisotopic (exact) mass is 346 g/mol. The van der Waals surface area contributed by atoms with Crippen LogP contribution in [-0.4, -0.2) is 11.6 Å². The molecule has 2 aromatic carbocycles. The quantitative estimate of drug-likeness (QED) is 0.657. The van der Waals surface area contributed by atoms with E-state index < -0.39 is 11.7 Å². The zero-order valence-electron chi connectivity index (χ0n) is 13.8. The molecule has 0 amide bonds. The Bertz CT molecular complexity index is 890. The fraction of sp³-hybridized carbons (Fsp3) is 0.211. The van der Waals surface area contributed by atoms with Gasteiger partial charge in [-0.2, -0.15) is 13.2 Å². The third kappa shape index (κ3) is 3.84. The lowest BCUT2D eigenvalue weighted by molar-refractivity contribution is -0.137. The van der Waals surface area contributed by atoms with Crippen molar-refractivity contribution in [3.8, 4) is 5.75 Å². The summed E-state index contributed by atoms with van der Waals surface area (Å²) in [7, 11) is 0. The Kier molecular flexibility index (Phi) is 4.53. The Morgan fingerprint density at radius 1 is 1.04 bits per heavy atom. The van der Waals surface area contributed by atoms with E-state index in [4.69, 9.17) is 4.74 Å². The molecule has 3 rings (SSSR count). The van der Waals surface area contributed by atoms with E-state index in [-0.39, 0.29) is 0 Å². The van der Waals surface area contributed by atoms with Crippen molar-refractivity contribution in [1.82, 2.24) is 4.98 Å². The third-order valence-corrected chi connectivity index (χ3v) is 3.71. The van der Waals surface area contributed by atoms with Gasteiger partial charge in [0, 0.05) is 22.5 Å². The van der Waals surface area contributed by atoms with E-state index in [0.717, 1.165) is 40.2 Å². The maximum absolute atomic E-state index is 12.7. The number of nitrogens with zero attached hydrogens (tertiary/aromatic N) is 1. The van der Waals surface area contributed by atoms with E-state index in [0.29, 0.717) is 12.3 Å². The van der Waals surface area contributed by atoms with Crippen LogP contribution < -0.4 is 10.1 Å². The van der Waals surface area contributed by atoms with Crippen LogP contribution in [0.5, 0.6) is 5.75 Å². The number of hydrogen-bond acceptors (Lipinski definition) is 3. The molecule has 0 aliphatic heterocycles. The van der Waals surface area contributed by atoms with Crippen LogP contribution in [0.3, 0.4) is 0 Å². The van der Waals surface area contributed by atoms with Crippen molar-refractivity contribution in [2.24, 2.45) is 0 Å². The van der Waals surface area contributed by atoms with E-state index in [1.807, 2.05) is 38.1 Å². The van der Waals surface area contributed by atoms with Gasteiger partial charge in [-0.05, 0) is 62.4 Å². The molecular formula is C19H17F3N2O. The van der Waals surface area contributed by atoms with Gasteiger partial charge in [-0.3, -0.25) is 4.98 Å². The molecule has 0 radical (unpaired) electrons. The molecule has 0 saturated heterocycles. The van der Waals surface area contributed by atoms with Crippen molar-refractivity contribution in [2.75, 3.05) is 11.9 Å². The molecular weight excluding hydrogens is 329 g/mol. The van der Waals surface area contributed by atoms with Gasteiger partial charge in [-0.25, -0.2) is 0 Å². The lowest BCUT2D eigenvalue weighted by Gasteiger charge is -2.13. The van der Waals surface area contributed by atoms with E-state index in [9.17, 15) is 13.2 Å². The Morgan fingerprint density at radius 3 is 2.40 bits per heavy atom. The average Bonchev–Trinajstić information content (AvgIpc) is 2.55. The first kappa shape index (κ1) is 17.1. The Balaban J connectivity index is 1.98. The van der Waals surface area contributed by atoms with Crippen molar-refractivity contribution in [1.29, 1.82) is 0 Å². The van der Waals surface area contributed by atoms with Crippen molar-refractivity contribution in [3.63, 3.8) is 0 Å². The second-order valence-electron chi connectivity index (χ2n) is 5.62. The van der Waals surface area contributed by atoms with E-state index in [2.05, 4.69) is 10.3 Å². The van der Waals surface area contributed by atoms with Crippen molar-refractivity contribution in [3.05, 3.63) is 59.8 Å². The summed E-state index contributed by atoms with van der Waals surface area (Å²) in [5.74, 6) is 0.719. The number of halogens is 3. The SMILES string of the molecule is CCOc1ccc2nc(C)cc(Nc3ccc(C(F)(F)F)cc3)c2c1. The molecule has 3 aromatic rings. The summed E-state index contributed by atoms with van der Waals surface area (Å²) in [4.78, 5) is 4.48. The maximum atomic E-state index is 12.7. The highest BCUT2D eigenvalue weighted by Gasteiger charge is 2.29. The normalized spacial score (nSPS) is 11.6. The van der Waals surface area contributed by atoms with Crippen LogP contribution in [0, 0.1) is 6.92 Å². The standard InChI is InChI=1S/C19H17F3N2O/c1-3-25-15-8-9-17-16(11-15)18(10-12(2)23-17)24-14-6-4-13(5-7-14)19(20,21)22/h4-11H,3H2,1-2H3,(H,23,24). The van der Waals surface area contributed by atoms with Gasteiger partial charge < -0.3 is 10.1 Å². The zero-order valence-corrected chi connectivity index (χ0v) is 13.8. The summed E-state index contributed by atoms with van der Waals surface area (Å²) in [6, 6.07) is 12.4. The Hall–Kier alpha value is -2.76. The molecule has 0 atom stereocenters. The summed E-state index contributed by atoms with van der Waals surface area (Å²) in [6.07, 6.45) is -4.34. The first-order chi connectivity index (χ1) is 11.9. The van der Waals surface area contributed by atoms with E-state index in [1.165, 1.54) is 12.1 Å². The molecule has 0 saturated carbocycles. The number of fused-ring (bicyclic) bond motifs is 1. The predicted octanol–water partition coefficient (Wildman–Crippen LogP) is 5.70. The number of pyridine rings is 1. The fourth-order valence-electron chi connectivity index (χ4n) is 2.60. The number of ether oxygens (including phenoxy) is 1.